The fourth-order valence-electron chi connectivity index (χ4n) is 2.72. The first-order valence-electron chi connectivity index (χ1n) is 7.43. The third-order valence-electron chi connectivity index (χ3n) is 3.91. The summed E-state index contributed by atoms with van der Waals surface area (Å²) in [6, 6.07) is 6.56. The molecule has 1 aromatic heterocycles. The molecule has 0 amide bonds. The van der Waals surface area contributed by atoms with Crippen molar-refractivity contribution in [3.63, 3.8) is 0 Å². The number of nitrogens with zero attached hydrogens (tertiary/aromatic N) is 2. The number of benzene rings is 1. The number of hydrogen-bond donors (Lipinski definition) is 1. The second-order valence-electron chi connectivity index (χ2n) is 5.99. The molecule has 3 rings (SSSR count). The quantitative estimate of drug-likeness (QED) is 0.916. The molecule has 0 aliphatic carbocycles. The average Bonchev–Trinajstić information content (AvgIpc) is 2.47. The monoisotopic (exact) mass is 285 g/mol. The van der Waals surface area contributed by atoms with E-state index in [2.05, 4.69) is 26.1 Å². The molecule has 1 aromatic carbocycles. The van der Waals surface area contributed by atoms with E-state index < -0.39 is 0 Å². The Kier molecular flexibility index (Phi) is 3.72. The predicted molar refractivity (Wildman–Crippen MR) is 81.6 cm³/mol. The lowest BCUT2D eigenvalue weighted by atomic mass is 9.93. The van der Waals surface area contributed by atoms with Crippen LogP contribution in [0, 0.1) is 5.82 Å². The molecule has 2 aromatic rings. The molecular formula is C17H20FN3. The van der Waals surface area contributed by atoms with E-state index in [0.717, 1.165) is 41.4 Å². The van der Waals surface area contributed by atoms with E-state index in [0.29, 0.717) is 5.92 Å². The van der Waals surface area contributed by atoms with Crippen molar-refractivity contribution in [2.75, 3.05) is 6.54 Å². The van der Waals surface area contributed by atoms with E-state index in [1.54, 1.807) is 12.1 Å². The van der Waals surface area contributed by atoms with Gasteiger partial charge >= 0.3 is 0 Å². The van der Waals surface area contributed by atoms with Gasteiger partial charge in [0, 0.05) is 36.1 Å². The molecule has 1 aliphatic heterocycles. The zero-order valence-corrected chi connectivity index (χ0v) is 12.7. The van der Waals surface area contributed by atoms with Gasteiger partial charge in [0.2, 0.25) is 0 Å². The van der Waals surface area contributed by atoms with Gasteiger partial charge in [0.1, 0.15) is 11.6 Å². The largest absolute Gasteiger partial charge is 0.312 e. The van der Waals surface area contributed by atoms with E-state index >= 15 is 0 Å². The van der Waals surface area contributed by atoms with Crippen LogP contribution >= 0.6 is 0 Å². The Balaban J connectivity index is 2.20. The van der Waals surface area contributed by atoms with E-state index in [4.69, 9.17) is 9.97 Å². The molecule has 1 atom stereocenters. The summed E-state index contributed by atoms with van der Waals surface area (Å²) < 4.78 is 13.2. The zero-order chi connectivity index (χ0) is 15.0. The topological polar surface area (TPSA) is 37.8 Å². The van der Waals surface area contributed by atoms with Gasteiger partial charge in [-0.25, -0.2) is 14.4 Å². The summed E-state index contributed by atoms with van der Waals surface area (Å²) in [7, 11) is 0. The number of rotatable bonds is 2. The highest BCUT2D eigenvalue weighted by Gasteiger charge is 2.24. The summed E-state index contributed by atoms with van der Waals surface area (Å²) in [6.45, 7) is 8.08. The standard InChI is InChI=1S/C17H20FN3/c1-10(2)17-20-15-11(3)8-19-9-14(15)16(21-17)12-4-6-13(18)7-5-12/h4-7,10-11,19H,8-9H2,1-3H3. The second-order valence-corrected chi connectivity index (χ2v) is 5.99. The highest BCUT2D eigenvalue weighted by Crippen LogP contribution is 2.31. The van der Waals surface area contributed by atoms with Crippen LogP contribution in [0.1, 0.15) is 49.7 Å². The molecule has 0 saturated heterocycles. The minimum Gasteiger partial charge on any atom is -0.312 e. The van der Waals surface area contributed by atoms with Gasteiger partial charge in [-0.05, 0) is 24.3 Å². The summed E-state index contributed by atoms with van der Waals surface area (Å²) in [5, 5.41) is 3.41. The van der Waals surface area contributed by atoms with Crippen LogP contribution in [-0.2, 0) is 6.54 Å². The summed E-state index contributed by atoms with van der Waals surface area (Å²) in [5.74, 6) is 1.28. The maximum absolute atomic E-state index is 13.2. The fourth-order valence-corrected chi connectivity index (χ4v) is 2.72. The Morgan fingerprint density at radius 3 is 2.57 bits per heavy atom. The lowest BCUT2D eigenvalue weighted by Crippen LogP contribution is -2.29. The van der Waals surface area contributed by atoms with Crippen LogP contribution in [-0.4, -0.2) is 16.5 Å². The highest BCUT2D eigenvalue weighted by atomic mass is 19.1. The molecular weight excluding hydrogens is 265 g/mol. The Bertz CT molecular complexity index is 650. The van der Waals surface area contributed by atoms with E-state index in [-0.39, 0.29) is 11.7 Å². The maximum atomic E-state index is 13.2. The third kappa shape index (κ3) is 2.68. The summed E-state index contributed by atoms with van der Waals surface area (Å²) >= 11 is 0. The molecule has 21 heavy (non-hydrogen) atoms. The van der Waals surface area contributed by atoms with Gasteiger partial charge in [0.25, 0.3) is 0 Å². The lowest BCUT2D eigenvalue weighted by Gasteiger charge is -2.25. The molecule has 1 aliphatic rings. The van der Waals surface area contributed by atoms with Crippen LogP contribution in [0.25, 0.3) is 11.3 Å². The third-order valence-corrected chi connectivity index (χ3v) is 3.91. The van der Waals surface area contributed by atoms with Gasteiger partial charge in [-0.3, -0.25) is 0 Å². The molecule has 0 spiro atoms. The molecule has 2 heterocycles. The first kappa shape index (κ1) is 14.1. The predicted octanol–water partition coefficient (Wildman–Crippen LogP) is 3.61. The van der Waals surface area contributed by atoms with Crippen molar-refractivity contribution in [2.24, 2.45) is 0 Å². The Morgan fingerprint density at radius 2 is 1.90 bits per heavy atom. The number of halogens is 1. The van der Waals surface area contributed by atoms with E-state index in [1.165, 1.54) is 12.1 Å². The van der Waals surface area contributed by atoms with Gasteiger partial charge < -0.3 is 5.32 Å². The highest BCUT2D eigenvalue weighted by molar-refractivity contribution is 5.64. The Morgan fingerprint density at radius 1 is 1.19 bits per heavy atom. The molecule has 3 nitrogen and oxygen atoms in total. The summed E-state index contributed by atoms with van der Waals surface area (Å²) in [4.78, 5) is 9.52. The Hall–Kier alpha value is -1.81. The van der Waals surface area contributed by atoms with Crippen LogP contribution in [0.3, 0.4) is 0 Å². The minimum absolute atomic E-state index is 0.225. The summed E-state index contributed by atoms with van der Waals surface area (Å²) in [6.07, 6.45) is 0. The van der Waals surface area contributed by atoms with E-state index in [1.807, 2.05) is 0 Å². The van der Waals surface area contributed by atoms with Gasteiger partial charge in [-0.1, -0.05) is 20.8 Å². The van der Waals surface area contributed by atoms with Gasteiger partial charge in [-0.2, -0.15) is 0 Å². The van der Waals surface area contributed by atoms with Crippen molar-refractivity contribution in [1.29, 1.82) is 0 Å². The maximum Gasteiger partial charge on any atom is 0.131 e. The number of aromatic nitrogens is 2. The molecule has 0 saturated carbocycles. The van der Waals surface area contributed by atoms with Crippen LogP contribution in [0.5, 0.6) is 0 Å². The van der Waals surface area contributed by atoms with Crippen molar-refractivity contribution in [3.8, 4) is 11.3 Å². The van der Waals surface area contributed by atoms with Crippen molar-refractivity contribution in [1.82, 2.24) is 15.3 Å². The first-order valence-corrected chi connectivity index (χ1v) is 7.43. The van der Waals surface area contributed by atoms with Gasteiger partial charge in [0.05, 0.1) is 11.4 Å². The van der Waals surface area contributed by atoms with E-state index in [9.17, 15) is 4.39 Å². The van der Waals surface area contributed by atoms with Crippen LogP contribution in [0.4, 0.5) is 4.39 Å². The second kappa shape index (κ2) is 5.53. The lowest BCUT2D eigenvalue weighted by molar-refractivity contribution is 0.547. The van der Waals surface area contributed by atoms with Crippen molar-refractivity contribution in [2.45, 2.75) is 39.2 Å². The molecule has 0 bridgehead atoms. The van der Waals surface area contributed by atoms with Gasteiger partial charge in [0.15, 0.2) is 0 Å². The number of nitrogens with one attached hydrogen (secondary N) is 1. The SMILES string of the molecule is CC(C)c1nc(-c2ccc(F)cc2)c2c(n1)C(C)CNC2. The van der Waals surface area contributed by atoms with Gasteiger partial charge in [-0.15, -0.1) is 0 Å². The Labute approximate surface area is 124 Å². The van der Waals surface area contributed by atoms with Crippen molar-refractivity contribution >= 4 is 0 Å². The average molecular weight is 285 g/mol. The smallest absolute Gasteiger partial charge is 0.131 e. The molecule has 0 fully saturated rings. The van der Waals surface area contributed by atoms with Crippen molar-refractivity contribution < 1.29 is 4.39 Å². The molecule has 1 unspecified atom stereocenters. The normalized spacial score (nSPS) is 17.9. The fraction of sp³-hybridized carbons (Fsp3) is 0.412. The molecule has 0 radical (unpaired) electrons. The molecule has 110 valence electrons. The summed E-state index contributed by atoms with van der Waals surface area (Å²) in [5.41, 5.74) is 4.16. The van der Waals surface area contributed by atoms with Crippen molar-refractivity contribution in [3.05, 3.63) is 47.2 Å². The van der Waals surface area contributed by atoms with Crippen LogP contribution < -0.4 is 5.32 Å². The minimum atomic E-state index is -0.225. The van der Waals surface area contributed by atoms with Crippen LogP contribution in [0.15, 0.2) is 24.3 Å². The molecule has 1 N–H and O–H groups in total. The van der Waals surface area contributed by atoms with Crippen LogP contribution in [0.2, 0.25) is 0 Å². The number of fused-ring (bicyclic) bond motifs is 1. The molecule has 4 heteroatoms. The zero-order valence-electron chi connectivity index (χ0n) is 12.7. The first-order chi connectivity index (χ1) is 10.1. The number of hydrogen-bond acceptors (Lipinski definition) is 3.